The topological polar surface area (TPSA) is 408 Å². The van der Waals surface area contributed by atoms with Gasteiger partial charge < -0.3 is 88.3 Å². The molecule has 0 amide bonds. The fraction of sp³-hybridized carbons (Fsp3) is 0.683. The molecular formula is C41H64N11O21P3S2. The number of fused-ring (bicyclic) bond motifs is 1. The van der Waals surface area contributed by atoms with Crippen molar-refractivity contribution < 1.29 is 89.2 Å². The van der Waals surface area contributed by atoms with Gasteiger partial charge in [0, 0.05) is 58.6 Å². The largest absolute Gasteiger partial charge is 0.383 e. The molecule has 0 aromatic carbocycles. The summed E-state index contributed by atoms with van der Waals surface area (Å²) in [4.78, 5) is 81.7. The van der Waals surface area contributed by atoms with Gasteiger partial charge >= 0.3 is 32.4 Å². The third-order valence-corrected chi connectivity index (χ3v) is 15.9. The van der Waals surface area contributed by atoms with Crippen LogP contribution in [-0.4, -0.2) is 203 Å². The number of nitrogen functional groups attached to an aromatic ring is 3. The van der Waals surface area contributed by atoms with Crippen LogP contribution in [0.2, 0.25) is 0 Å². The quantitative estimate of drug-likeness (QED) is 0.0297. The summed E-state index contributed by atoms with van der Waals surface area (Å²) < 4.78 is 105. The highest BCUT2D eigenvalue weighted by Gasteiger charge is 2.54. The van der Waals surface area contributed by atoms with Crippen molar-refractivity contribution in [2.75, 3.05) is 112 Å². The molecule has 3 fully saturated rings. The van der Waals surface area contributed by atoms with E-state index in [1.807, 2.05) is 0 Å². The Kier molecular flexibility index (Phi) is 21.6. The van der Waals surface area contributed by atoms with Crippen molar-refractivity contribution >= 4 is 73.3 Å². The second-order valence-corrected chi connectivity index (χ2v) is 25.2. The molecule has 0 radical (unpaired) electrons. The number of imidazole rings is 1. The van der Waals surface area contributed by atoms with E-state index in [2.05, 4.69) is 24.9 Å². The molecule has 436 valence electrons. The van der Waals surface area contributed by atoms with Crippen LogP contribution >= 0.6 is 21.0 Å². The van der Waals surface area contributed by atoms with Crippen molar-refractivity contribution in [1.82, 2.24) is 38.6 Å². The van der Waals surface area contributed by atoms with Gasteiger partial charge in [0.15, 0.2) is 30.1 Å². The number of hydrogen-bond acceptors (Lipinski definition) is 28. The van der Waals surface area contributed by atoms with Crippen LogP contribution in [-0.2, 0) is 98.2 Å². The zero-order chi connectivity index (χ0) is 56.7. The first-order valence-corrected chi connectivity index (χ1v) is 30.9. The highest BCUT2D eigenvalue weighted by Crippen LogP contribution is 2.54. The second kappa shape index (κ2) is 27.1. The van der Waals surface area contributed by atoms with Crippen LogP contribution in [0.25, 0.3) is 11.2 Å². The fourth-order valence-electron chi connectivity index (χ4n) is 8.59. The van der Waals surface area contributed by atoms with E-state index in [4.69, 9.17) is 111 Å². The Morgan fingerprint density at radius 2 is 0.987 bits per heavy atom. The first-order valence-electron chi connectivity index (χ1n) is 23.7. The monoisotopic (exact) mass is 1200 g/mol. The molecule has 0 bridgehead atoms. The van der Waals surface area contributed by atoms with E-state index in [-0.39, 0.29) is 74.9 Å². The third kappa shape index (κ3) is 15.1. The average molecular weight is 1200 g/mol. The van der Waals surface area contributed by atoms with E-state index >= 15 is 0 Å². The van der Waals surface area contributed by atoms with Crippen LogP contribution in [0, 0.1) is 13.8 Å². The smallest absolute Gasteiger partial charge is 0.351 e. The molecule has 7 heterocycles. The molecule has 4 aromatic heterocycles. The van der Waals surface area contributed by atoms with Gasteiger partial charge in [-0.05, 0) is 37.5 Å². The van der Waals surface area contributed by atoms with Gasteiger partial charge in [-0.2, -0.15) is 9.97 Å². The molecule has 3 saturated heterocycles. The lowest BCUT2D eigenvalue weighted by Crippen LogP contribution is -2.41. The standard InChI is InChI=1S/C41H64N11O21P3S2/c1-21-14-50(40(53)48-33(21)42)37-31(64-12-9-60-4)28(23(68-37)16-62-6)72-75(57,77)67-18-25-29(32(65-13-10-61-5)38(69-25)51-15-22(2)34(43)49-41(51)54)73-76(58,78)66-17-24-27(71-74(7,55)56)30(63-11-8-59-3)39(70-24)52-20-47-26-35(44)45-19-46-36(26)52/h14-15,19-20,23-25,27-32,37-39H,8-13,16-18H2,1-7H3,(H,55,56)(H,57,77)(H,58,78)(H2,42,48,53)(H2,43,49,54)(H2,44,45,46)/t23-,24-,25-,27?,28?,29?,30+,31+,32+,37-,38-,39-,75?,76?/m1/s1. The van der Waals surface area contributed by atoms with Gasteiger partial charge in [0.05, 0.1) is 65.8 Å². The van der Waals surface area contributed by atoms with Crippen LogP contribution in [0.3, 0.4) is 0 Å². The second-order valence-electron chi connectivity index (χ2n) is 17.8. The minimum Gasteiger partial charge on any atom is -0.383 e. The molecule has 78 heavy (non-hydrogen) atoms. The molecule has 3 aliphatic rings. The molecule has 6 unspecified atom stereocenters. The highest BCUT2D eigenvalue weighted by molar-refractivity contribution is 8.07. The number of aromatic nitrogens is 8. The van der Waals surface area contributed by atoms with Crippen molar-refractivity contribution in [3.8, 4) is 0 Å². The van der Waals surface area contributed by atoms with Gasteiger partial charge in [-0.3, -0.25) is 31.8 Å². The summed E-state index contributed by atoms with van der Waals surface area (Å²) in [5.41, 5.74) is 17.6. The van der Waals surface area contributed by atoms with Crippen molar-refractivity contribution in [3.05, 3.63) is 57.1 Å². The van der Waals surface area contributed by atoms with E-state index in [1.54, 1.807) is 13.8 Å². The van der Waals surface area contributed by atoms with Crippen molar-refractivity contribution in [2.45, 2.75) is 87.5 Å². The Bertz CT molecular complexity index is 2940. The number of rotatable bonds is 29. The first-order chi connectivity index (χ1) is 37.0. The lowest BCUT2D eigenvalue weighted by atomic mass is 10.1. The Balaban J connectivity index is 1.19. The van der Waals surface area contributed by atoms with Gasteiger partial charge in [-0.25, -0.2) is 24.5 Å². The molecule has 4 aromatic rings. The molecule has 37 heteroatoms. The Labute approximate surface area is 455 Å². The van der Waals surface area contributed by atoms with Crippen LogP contribution in [0.1, 0.15) is 29.8 Å². The van der Waals surface area contributed by atoms with Gasteiger partial charge in [0.2, 0.25) is 0 Å². The lowest BCUT2D eigenvalue weighted by molar-refractivity contribution is -0.0839. The average Bonchev–Trinajstić information content (AvgIpc) is 4.28. The third-order valence-electron chi connectivity index (χ3n) is 12.2. The Morgan fingerprint density at radius 1 is 0.577 bits per heavy atom. The van der Waals surface area contributed by atoms with Crippen molar-refractivity contribution in [2.24, 2.45) is 0 Å². The summed E-state index contributed by atoms with van der Waals surface area (Å²) >= 11 is 11.2. The van der Waals surface area contributed by atoms with Crippen LogP contribution in [0.4, 0.5) is 17.5 Å². The van der Waals surface area contributed by atoms with Gasteiger partial charge in [-0.15, -0.1) is 0 Å². The summed E-state index contributed by atoms with van der Waals surface area (Å²) in [6.45, 7) is -6.40. The summed E-state index contributed by atoms with van der Waals surface area (Å²) in [5, 5.41) is 0. The highest BCUT2D eigenvalue weighted by atomic mass is 32.5. The molecule has 0 spiro atoms. The number of ether oxygens (including phenoxy) is 10. The number of methoxy groups -OCH3 is 4. The number of nitrogens with two attached hydrogens (primary N) is 3. The van der Waals surface area contributed by atoms with Crippen LogP contribution in [0.5, 0.6) is 0 Å². The minimum absolute atomic E-state index is 0.000230. The number of aryl methyl sites for hydroxylation is 2. The SMILES string of the molecule is COCCO[C@H]1C(OP(O)(=S)OC[C@H]2O[C@@H](n3cc(C)c(N)nc3=O)[C@@H](OCCOC)C2OP(O)(=S)OC[C@H]2O[C@@H](n3cnc4c(N)ncnc43)[C@@H](OCCOC)C2OP(C)(=O)O)[C@@H](COC)O[C@H]1n1cc(C)c(N)nc1=O. The lowest BCUT2D eigenvalue weighted by Gasteiger charge is -2.30. The van der Waals surface area contributed by atoms with E-state index < -0.39 is 119 Å². The number of anilines is 3. The predicted octanol–water partition coefficient (Wildman–Crippen LogP) is -0.425. The maximum Gasteiger partial charge on any atom is 0.351 e. The Morgan fingerprint density at radius 3 is 1.40 bits per heavy atom. The summed E-state index contributed by atoms with van der Waals surface area (Å²) in [6, 6.07) is 0. The van der Waals surface area contributed by atoms with E-state index in [0.29, 0.717) is 11.1 Å². The maximum absolute atomic E-state index is 13.6. The van der Waals surface area contributed by atoms with Gasteiger partial charge in [0.25, 0.3) is 0 Å². The number of nitrogens with zero attached hydrogens (tertiary/aromatic N) is 8. The first kappa shape index (κ1) is 62.1. The zero-order valence-electron chi connectivity index (χ0n) is 43.3. The predicted molar refractivity (Wildman–Crippen MR) is 279 cm³/mol. The molecule has 32 nitrogen and oxygen atoms in total. The van der Waals surface area contributed by atoms with Crippen molar-refractivity contribution in [3.63, 3.8) is 0 Å². The number of hydrogen-bond donors (Lipinski definition) is 6. The van der Waals surface area contributed by atoms with E-state index in [0.717, 1.165) is 15.8 Å². The van der Waals surface area contributed by atoms with E-state index in [1.165, 1.54) is 58.1 Å². The molecule has 7 rings (SSSR count). The van der Waals surface area contributed by atoms with Crippen LogP contribution < -0.4 is 28.6 Å². The summed E-state index contributed by atoms with van der Waals surface area (Å²) in [5.74, 6) is -0.00689. The van der Waals surface area contributed by atoms with Crippen LogP contribution in [0.15, 0.2) is 34.6 Å². The summed E-state index contributed by atoms with van der Waals surface area (Å²) in [7, 11) is 1.39. The van der Waals surface area contributed by atoms with E-state index in [9.17, 15) is 28.8 Å². The molecule has 15 atom stereocenters. The van der Waals surface area contributed by atoms with Crippen molar-refractivity contribution in [1.29, 1.82) is 0 Å². The van der Waals surface area contributed by atoms with Gasteiger partial charge in [0.1, 0.15) is 78.4 Å². The normalized spacial score (nSPS) is 28.7. The molecule has 9 N–H and O–H groups in total. The summed E-state index contributed by atoms with van der Waals surface area (Å²) in [6.07, 6.45) is -10.2. The molecule has 3 aliphatic heterocycles. The Hall–Kier alpha value is -3.48. The minimum atomic E-state index is -4.61. The van der Waals surface area contributed by atoms with Gasteiger partial charge in [-0.1, -0.05) is 0 Å². The fourth-order valence-corrected chi connectivity index (χ4v) is 12.2. The zero-order valence-corrected chi connectivity index (χ0v) is 47.6. The molecule has 0 aliphatic carbocycles. The molecule has 0 saturated carbocycles. The maximum atomic E-state index is 13.6. The molecular weight excluding hydrogens is 1140 g/mol.